The SMILES string of the molecule is CCCCCC/C=C\C/C=C\CCCCCCCCOCC(COP(=O)(O)OCC(N)C(=O)O)OC(=O)CCCCCCCCCC. The van der Waals surface area contributed by atoms with E-state index < -0.39 is 45.1 Å². The summed E-state index contributed by atoms with van der Waals surface area (Å²) in [6.45, 7) is 3.79. The Morgan fingerprint density at radius 3 is 1.74 bits per heavy atom. The van der Waals surface area contributed by atoms with Gasteiger partial charge in [0.1, 0.15) is 12.1 Å². The third-order valence-corrected chi connectivity index (χ3v) is 8.68. The number of hydrogen-bond donors (Lipinski definition) is 3. The van der Waals surface area contributed by atoms with Gasteiger partial charge in [-0.05, 0) is 44.9 Å². The van der Waals surface area contributed by atoms with Gasteiger partial charge in [-0.15, -0.1) is 0 Å². The average molecular weight is 690 g/mol. The number of carboxylic acid groups (broad SMARTS) is 1. The van der Waals surface area contributed by atoms with E-state index in [0.717, 1.165) is 51.4 Å². The van der Waals surface area contributed by atoms with Gasteiger partial charge in [0, 0.05) is 13.0 Å². The van der Waals surface area contributed by atoms with Gasteiger partial charge < -0.3 is 25.2 Å². The molecule has 3 unspecified atom stereocenters. The molecule has 0 aromatic heterocycles. The van der Waals surface area contributed by atoms with Crippen LogP contribution in [0.15, 0.2) is 24.3 Å². The van der Waals surface area contributed by atoms with E-state index in [-0.39, 0.29) is 13.0 Å². The van der Waals surface area contributed by atoms with Crippen LogP contribution in [0.1, 0.15) is 155 Å². The fraction of sp³-hybridized carbons (Fsp3) is 0.833. The molecule has 0 saturated carbocycles. The quantitative estimate of drug-likeness (QED) is 0.0254. The number of carboxylic acids is 1. The molecule has 0 aliphatic heterocycles. The molecule has 11 heteroatoms. The highest BCUT2D eigenvalue weighted by atomic mass is 31.2. The lowest BCUT2D eigenvalue weighted by Crippen LogP contribution is -2.34. The van der Waals surface area contributed by atoms with Crippen LogP contribution in [0.25, 0.3) is 0 Å². The van der Waals surface area contributed by atoms with Gasteiger partial charge in [-0.3, -0.25) is 18.6 Å². The van der Waals surface area contributed by atoms with Crippen LogP contribution >= 0.6 is 7.82 Å². The zero-order chi connectivity index (χ0) is 34.9. The normalized spacial score (nSPS) is 14.5. The molecule has 0 fully saturated rings. The van der Waals surface area contributed by atoms with E-state index in [4.69, 9.17) is 24.8 Å². The number of unbranched alkanes of at least 4 members (excludes halogenated alkanes) is 17. The molecule has 276 valence electrons. The molecule has 10 nitrogen and oxygen atoms in total. The van der Waals surface area contributed by atoms with Gasteiger partial charge in [-0.1, -0.05) is 128 Å². The molecular weight excluding hydrogens is 621 g/mol. The number of esters is 1. The minimum Gasteiger partial charge on any atom is -0.480 e. The fourth-order valence-electron chi connectivity index (χ4n) is 4.81. The monoisotopic (exact) mass is 689 g/mol. The molecule has 0 bridgehead atoms. The van der Waals surface area contributed by atoms with E-state index in [2.05, 4.69) is 42.7 Å². The Balaban J connectivity index is 4.26. The fourth-order valence-corrected chi connectivity index (χ4v) is 5.59. The van der Waals surface area contributed by atoms with Crippen molar-refractivity contribution in [1.82, 2.24) is 0 Å². The standard InChI is InChI=1S/C36H68NO9P/c1-3-5-7-9-11-13-14-15-16-17-18-19-20-21-23-25-27-29-43-30-33(31-44-47(41,42)45-32-34(37)36(39)40)46-35(38)28-26-24-22-12-10-8-6-4-2/h13-14,16-17,33-34H,3-12,15,18-32,37H2,1-2H3,(H,39,40)(H,41,42)/b14-13-,17-16-. The topological polar surface area (TPSA) is 155 Å². The molecule has 0 saturated heterocycles. The third kappa shape index (κ3) is 32.8. The second-order valence-electron chi connectivity index (χ2n) is 12.4. The number of carbonyl (C=O) groups excluding carboxylic acids is 1. The Hall–Kier alpha value is -1.55. The Morgan fingerprint density at radius 2 is 1.17 bits per heavy atom. The second kappa shape index (κ2) is 33.0. The summed E-state index contributed by atoms with van der Waals surface area (Å²) in [5, 5.41) is 8.84. The number of aliphatic carboxylic acids is 1. The van der Waals surface area contributed by atoms with E-state index >= 15 is 0 Å². The van der Waals surface area contributed by atoms with Gasteiger partial charge >= 0.3 is 19.8 Å². The van der Waals surface area contributed by atoms with E-state index in [0.29, 0.717) is 13.0 Å². The van der Waals surface area contributed by atoms with Crippen LogP contribution in [-0.4, -0.2) is 60.5 Å². The maximum absolute atomic E-state index is 12.5. The number of carbonyl (C=O) groups is 2. The van der Waals surface area contributed by atoms with Crippen LogP contribution in [0.4, 0.5) is 0 Å². The second-order valence-corrected chi connectivity index (χ2v) is 13.8. The Kier molecular flexibility index (Phi) is 31.9. The number of ether oxygens (including phenoxy) is 2. The minimum absolute atomic E-state index is 0.0121. The van der Waals surface area contributed by atoms with Crippen molar-refractivity contribution < 1.29 is 42.7 Å². The lowest BCUT2D eigenvalue weighted by Gasteiger charge is -2.20. The summed E-state index contributed by atoms with van der Waals surface area (Å²) < 4.78 is 33.1. The first kappa shape index (κ1) is 45.5. The summed E-state index contributed by atoms with van der Waals surface area (Å²) in [6.07, 6.45) is 32.4. The average Bonchev–Trinajstić information content (AvgIpc) is 3.04. The summed E-state index contributed by atoms with van der Waals surface area (Å²) in [7, 11) is -4.60. The van der Waals surface area contributed by atoms with E-state index in [1.54, 1.807) is 0 Å². The molecule has 0 radical (unpaired) electrons. The predicted octanol–water partition coefficient (Wildman–Crippen LogP) is 9.19. The number of rotatable bonds is 35. The van der Waals surface area contributed by atoms with Gasteiger partial charge in [0.25, 0.3) is 0 Å². The molecule has 0 spiro atoms. The molecule has 0 aliphatic rings. The van der Waals surface area contributed by atoms with Crippen molar-refractivity contribution in [2.45, 2.75) is 167 Å². The van der Waals surface area contributed by atoms with Crippen molar-refractivity contribution in [2.75, 3.05) is 26.4 Å². The number of nitrogens with two attached hydrogens (primary N) is 1. The molecule has 0 aromatic carbocycles. The van der Waals surface area contributed by atoms with Crippen molar-refractivity contribution >= 4 is 19.8 Å². The summed E-state index contributed by atoms with van der Waals surface area (Å²) >= 11 is 0. The number of allylic oxidation sites excluding steroid dienone is 4. The summed E-state index contributed by atoms with van der Waals surface area (Å²) in [5.74, 6) is -1.79. The number of hydrogen-bond acceptors (Lipinski definition) is 8. The zero-order valence-electron chi connectivity index (χ0n) is 29.6. The molecule has 0 heterocycles. The molecule has 47 heavy (non-hydrogen) atoms. The van der Waals surface area contributed by atoms with E-state index in [1.807, 2.05) is 0 Å². The van der Waals surface area contributed by atoms with E-state index in [1.165, 1.54) is 77.0 Å². The third-order valence-electron chi connectivity index (χ3n) is 7.73. The first-order chi connectivity index (χ1) is 22.7. The molecule has 0 rings (SSSR count). The summed E-state index contributed by atoms with van der Waals surface area (Å²) in [5.41, 5.74) is 5.32. The van der Waals surface area contributed by atoms with Crippen molar-refractivity contribution in [3.05, 3.63) is 24.3 Å². The van der Waals surface area contributed by atoms with Gasteiger partial charge in [0.15, 0.2) is 0 Å². The largest absolute Gasteiger partial charge is 0.480 e. The highest BCUT2D eigenvalue weighted by molar-refractivity contribution is 7.47. The molecule has 0 aliphatic carbocycles. The predicted molar refractivity (Wildman–Crippen MR) is 189 cm³/mol. The lowest BCUT2D eigenvalue weighted by molar-refractivity contribution is -0.154. The Morgan fingerprint density at radius 1 is 0.681 bits per heavy atom. The van der Waals surface area contributed by atoms with Crippen LogP contribution in [-0.2, 0) is 32.7 Å². The van der Waals surface area contributed by atoms with Crippen LogP contribution in [0.3, 0.4) is 0 Å². The summed E-state index contributed by atoms with van der Waals surface area (Å²) in [6, 6.07) is -1.47. The molecule has 0 amide bonds. The van der Waals surface area contributed by atoms with Crippen LogP contribution in [0.5, 0.6) is 0 Å². The highest BCUT2D eigenvalue weighted by Gasteiger charge is 2.27. The molecule has 0 aromatic rings. The van der Waals surface area contributed by atoms with Crippen molar-refractivity contribution in [3.8, 4) is 0 Å². The van der Waals surface area contributed by atoms with Crippen LogP contribution in [0.2, 0.25) is 0 Å². The Bertz CT molecular complexity index is 852. The maximum atomic E-state index is 12.5. The van der Waals surface area contributed by atoms with Gasteiger partial charge in [0.05, 0.1) is 19.8 Å². The first-order valence-corrected chi connectivity index (χ1v) is 19.9. The molecule has 3 atom stereocenters. The summed E-state index contributed by atoms with van der Waals surface area (Å²) in [4.78, 5) is 33.2. The van der Waals surface area contributed by atoms with Crippen molar-refractivity contribution in [2.24, 2.45) is 5.73 Å². The van der Waals surface area contributed by atoms with Crippen LogP contribution in [0, 0.1) is 0 Å². The molecular formula is C36H68NO9P. The van der Waals surface area contributed by atoms with Crippen molar-refractivity contribution in [1.29, 1.82) is 0 Å². The van der Waals surface area contributed by atoms with Crippen molar-refractivity contribution in [3.63, 3.8) is 0 Å². The maximum Gasteiger partial charge on any atom is 0.472 e. The Labute approximate surface area is 285 Å². The van der Waals surface area contributed by atoms with Gasteiger partial charge in [0.2, 0.25) is 0 Å². The first-order valence-electron chi connectivity index (χ1n) is 18.4. The number of phosphoric ester groups is 1. The smallest absolute Gasteiger partial charge is 0.472 e. The van der Waals surface area contributed by atoms with E-state index in [9.17, 15) is 19.0 Å². The number of phosphoric acid groups is 1. The highest BCUT2D eigenvalue weighted by Crippen LogP contribution is 2.43. The van der Waals surface area contributed by atoms with Gasteiger partial charge in [-0.2, -0.15) is 0 Å². The minimum atomic E-state index is -4.60. The molecule has 4 N–H and O–H groups in total. The lowest BCUT2D eigenvalue weighted by atomic mass is 10.1. The van der Waals surface area contributed by atoms with Gasteiger partial charge in [-0.25, -0.2) is 4.57 Å². The zero-order valence-corrected chi connectivity index (χ0v) is 30.5. The van der Waals surface area contributed by atoms with Crippen LogP contribution < -0.4 is 5.73 Å².